The van der Waals surface area contributed by atoms with Gasteiger partial charge in [0.05, 0.1) is 26.4 Å². The van der Waals surface area contributed by atoms with Crippen molar-refractivity contribution in [3.05, 3.63) is 82.9 Å². The quantitative estimate of drug-likeness (QED) is 0.167. The molecule has 3 aromatic carbocycles. The number of alkyl carbamates (subject to hydrolysis) is 2. The van der Waals surface area contributed by atoms with E-state index in [1.165, 1.54) is 58.7 Å². The number of nitrogens with one attached hydrogen (secondary N) is 2. The number of nitrogens with zero attached hydrogens (tertiary/aromatic N) is 2. The van der Waals surface area contributed by atoms with Gasteiger partial charge in [-0.1, -0.05) is 88.4 Å². The van der Waals surface area contributed by atoms with Crippen LogP contribution in [0.25, 0.3) is 22.3 Å². The Morgan fingerprint density at radius 2 is 1.00 bits per heavy atom. The molecule has 3 aromatic rings. The van der Waals surface area contributed by atoms with Gasteiger partial charge in [-0.25, -0.2) is 9.59 Å². The number of amides is 4. The second-order valence-electron chi connectivity index (χ2n) is 17.5. The molecule has 0 radical (unpaired) electrons. The van der Waals surface area contributed by atoms with Gasteiger partial charge in [-0.2, -0.15) is 0 Å². The summed E-state index contributed by atoms with van der Waals surface area (Å²) in [6, 6.07) is 21.4. The van der Waals surface area contributed by atoms with Crippen LogP contribution in [0.1, 0.15) is 114 Å². The van der Waals surface area contributed by atoms with Crippen LogP contribution in [0, 0.1) is 11.8 Å². The third-order valence-corrected chi connectivity index (χ3v) is 13.1. The predicted octanol–water partition coefficient (Wildman–Crippen LogP) is 8.54. The molecule has 0 aromatic heterocycles. The molecule has 2 bridgehead atoms. The van der Waals surface area contributed by atoms with Crippen LogP contribution >= 0.6 is 0 Å². The SMILES string of the molecule is COC(=O)N[C@H](C(=O)N1CCC[C@H]1CCc1ccc(-c2ccc(-c3ccc(CC[C@@H]4CCCN4C(=O)[C@@H](NC(=O)OC)C(C)C)cc3)c3c2C2CCC3O2)cc1)C(C)C. The summed E-state index contributed by atoms with van der Waals surface area (Å²) in [5.74, 6) is -0.134. The minimum absolute atomic E-state index is 0.0261. The summed E-state index contributed by atoms with van der Waals surface area (Å²) < 4.78 is 16.1. The van der Waals surface area contributed by atoms with Gasteiger partial charge in [0.2, 0.25) is 11.8 Å². The molecule has 4 aliphatic heterocycles. The van der Waals surface area contributed by atoms with Crippen LogP contribution in [0.4, 0.5) is 9.59 Å². The first-order chi connectivity index (χ1) is 28.5. The molecule has 4 aliphatic rings. The summed E-state index contributed by atoms with van der Waals surface area (Å²) in [6.07, 6.45) is 8.49. The van der Waals surface area contributed by atoms with Crippen molar-refractivity contribution in [2.75, 3.05) is 27.3 Å². The van der Waals surface area contributed by atoms with E-state index in [1.54, 1.807) is 0 Å². The summed E-state index contributed by atoms with van der Waals surface area (Å²) >= 11 is 0. The molecule has 3 fully saturated rings. The molecule has 0 aliphatic carbocycles. The van der Waals surface area contributed by atoms with E-state index in [-0.39, 0.29) is 47.9 Å². The van der Waals surface area contributed by atoms with Gasteiger partial charge in [0, 0.05) is 25.2 Å². The number of aryl methyl sites for hydroxylation is 2. The van der Waals surface area contributed by atoms with E-state index in [9.17, 15) is 19.2 Å². The number of fused-ring (bicyclic) bond motifs is 5. The van der Waals surface area contributed by atoms with Gasteiger partial charge in [0.1, 0.15) is 12.1 Å². The minimum Gasteiger partial charge on any atom is -0.453 e. The third-order valence-electron chi connectivity index (χ3n) is 13.1. The van der Waals surface area contributed by atoms with E-state index >= 15 is 0 Å². The summed E-state index contributed by atoms with van der Waals surface area (Å²) in [5, 5.41) is 5.49. The fourth-order valence-corrected chi connectivity index (χ4v) is 9.87. The molecule has 6 atom stereocenters. The lowest BCUT2D eigenvalue weighted by Crippen LogP contribution is -2.52. The van der Waals surface area contributed by atoms with E-state index < -0.39 is 24.3 Å². The number of benzene rings is 3. The van der Waals surface area contributed by atoms with E-state index in [0.29, 0.717) is 13.1 Å². The zero-order chi connectivity index (χ0) is 41.8. The Bertz CT molecular complexity index is 1840. The van der Waals surface area contributed by atoms with Gasteiger partial charge in [-0.05, 0) is 121 Å². The number of hydrogen-bond donors (Lipinski definition) is 2. The van der Waals surface area contributed by atoms with Crippen LogP contribution in [0.3, 0.4) is 0 Å². The van der Waals surface area contributed by atoms with E-state index in [2.05, 4.69) is 71.3 Å². The van der Waals surface area contributed by atoms with Crippen molar-refractivity contribution in [3.8, 4) is 22.3 Å². The van der Waals surface area contributed by atoms with Crippen molar-refractivity contribution < 1.29 is 33.4 Å². The lowest BCUT2D eigenvalue weighted by Gasteiger charge is -2.31. The number of rotatable bonds is 14. The van der Waals surface area contributed by atoms with E-state index in [1.807, 2.05) is 37.5 Å². The van der Waals surface area contributed by atoms with E-state index in [0.717, 1.165) is 64.2 Å². The van der Waals surface area contributed by atoms with Crippen LogP contribution in [-0.4, -0.2) is 85.3 Å². The maximum Gasteiger partial charge on any atom is 0.407 e. The smallest absolute Gasteiger partial charge is 0.407 e. The maximum absolute atomic E-state index is 13.5. The molecule has 4 amide bonds. The standard InChI is InChI=1S/C48H62N4O7/c1-29(2)43(49-47(55)57-5)45(53)51-27-7-9-35(51)21-15-31-11-17-33(18-12-31)37-23-24-38(42-40-26-25-39(59-40)41(37)42)34-19-13-32(14-20-34)16-22-36-10-8-28-52(36)46(54)44(30(3)4)50-48(56)58-6/h11-14,17-20,23-24,29-30,35-36,39-40,43-44H,7-10,15-16,21-22,25-28H2,1-6H3,(H,49,55)(H,50,56)/t35-,36-,39?,40?,43-,44-/m0/s1. The first kappa shape index (κ1) is 42.2. The van der Waals surface area contributed by atoms with Crippen molar-refractivity contribution in [2.24, 2.45) is 11.8 Å². The minimum atomic E-state index is -0.601. The van der Waals surface area contributed by atoms with Crippen LogP contribution < -0.4 is 10.6 Å². The van der Waals surface area contributed by atoms with Gasteiger partial charge in [-0.3, -0.25) is 9.59 Å². The molecule has 2 unspecified atom stereocenters. The number of carbonyl (C=O) groups excluding carboxylic acids is 4. The second kappa shape index (κ2) is 18.6. The average Bonchev–Trinajstić information content (AvgIpc) is 4.08. The zero-order valence-corrected chi connectivity index (χ0v) is 35.6. The third kappa shape index (κ3) is 9.15. The molecule has 4 heterocycles. The maximum atomic E-state index is 13.5. The molecule has 0 spiro atoms. The van der Waals surface area contributed by atoms with Gasteiger partial charge in [-0.15, -0.1) is 0 Å². The van der Waals surface area contributed by atoms with E-state index in [4.69, 9.17) is 14.2 Å². The Labute approximate surface area is 349 Å². The Morgan fingerprint density at radius 1 is 0.610 bits per heavy atom. The first-order valence-electron chi connectivity index (χ1n) is 21.8. The Balaban J connectivity index is 1.000. The lowest BCUT2D eigenvalue weighted by atomic mass is 9.81. The fourth-order valence-electron chi connectivity index (χ4n) is 9.87. The van der Waals surface area contributed by atoms with Crippen LogP contribution in [-0.2, 0) is 36.6 Å². The number of methoxy groups -OCH3 is 2. The second-order valence-corrected chi connectivity index (χ2v) is 17.5. The number of hydrogen-bond acceptors (Lipinski definition) is 7. The molecule has 2 N–H and O–H groups in total. The lowest BCUT2D eigenvalue weighted by molar-refractivity contribution is -0.136. The van der Waals surface area contributed by atoms with Gasteiger partial charge in [0.15, 0.2) is 0 Å². The topological polar surface area (TPSA) is 127 Å². The molecule has 7 rings (SSSR count). The van der Waals surface area contributed by atoms with Crippen molar-refractivity contribution in [1.29, 1.82) is 0 Å². The van der Waals surface area contributed by atoms with Gasteiger partial charge in [0.25, 0.3) is 0 Å². The van der Waals surface area contributed by atoms with Gasteiger partial charge >= 0.3 is 12.2 Å². The molecule has 316 valence electrons. The predicted molar refractivity (Wildman–Crippen MR) is 228 cm³/mol. The summed E-state index contributed by atoms with van der Waals surface area (Å²) in [4.78, 5) is 54.9. The normalized spacial score (nSPS) is 21.8. The highest BCUT2D eigenvalue weighted by Crippen LogP contribution is 2.56. The molecular formula is C48H62N4O7. The fraction of sp³-hybridized carbons (Fsp3) is 0.542. The zero-order valence-electron chi connectivity index (χ0n) is 35.6. The summed E-state index contributed by atoms with van der Waals surface area (Å²) in [6.45, 7) is 9.21. The molecule has 3 saturated heterocycles. The van der Waals surface area contributed by atoms with Gasteiger partial charge < -0.3 is 34.6 Å². The Kier molecular flexibility index (Phi) is 13.3. The van der Waals surface area contributed by atoms with Crippen LogP contribution in [0.5, 0.6) is 0 Å². The highest BCUT2D eigenvalue weighted by Gasteiger charge is 2.42. The van der Waals surface area contributed by atoms with Crippen molar-refractivity contribution in [3.63, 3.8) is 0 Å². The average molecular weight is 807 g/mol. The number of ether oxygens (including phenoxy) is 3. The Hall–Kier alpha value is -4.90. The summed E-state index contributed by atoms with van der Waals surface area (Å²) in [5.41, 5.74) is 9.99. The number of likely N-dealkylation sites (tertiary alicyclic amines) is 2. The van der Waals surface area contributed by atoms with Crippen molar-refractivity contribution in [1.82, 2.24) is 20.4 Å². The molecule has 0 saturated carbocycles. The first-order valence-corrected chi connectivity index (χ1v) is 21.8. The highest BCUT2D eigenvalue weighted by atomic mass is 16.5. The van der Waals surface area contributed by atoms with Crippen molar-refractivity contribution >= 4 is 24.0 Å². The number of carbonyl (C=O) groups is 4. The molecule has 11 nitrogen and oxygen atoms in total. The summed E-state index contributed by atoms with van der Waals surface area (Å²) in [7, 11) is 2.64. The molecular weight excluding hydrogens is 745 g/mol. The monoisotopic (exact) mass is 806 g/mol. The molecule has 11 heteroatoms. The Morgan fingerprint density at radius 3 is 1.36 bits per heavy atom. The largest absolute Gasteiger partial charge is 0.453 e. The molecule has 59 heavy (non-hydrogen) atoms. The van der Waals surface area contributed by atoms with Crippen LogP contribution in [0.15, 0.2) is 60.7 Å². The van der Waals surface area contributed by atoms with Crippen LogP contribution in [0.2, 0.25) is 0 Å². The highest BCUT2D eigenvalue weighted by molar-refractivity contribution is 5.87. The van der Waals surface area contributed by atoms with Crippen molar-refractivity contribution in [2.45, 2.75) is 128 Å².